The number of ether oxygens (including phenoxy) is 1. The molecule has 1 atom stereocenters. The lowest BCUT2D eigenvalue weighted by Crippen LogP contribution is -2.12. The van der Waals surface area contributed by atoms with Gasteiger partial charge in [-0.1, -0.05) is 30.3 Å². The van der Waals surface area contributed by atoms with Crippen LogP contribution in [0.3, 0.4) is 0 Å². The summed E-state index contributed by atoms with van der Waals surface area (Å²) in [4.78, 5) is 10.3. The summed E-state index contributed by atoms with van der Waals surface area (Å²) in [7, 11) is 0. The van der Waals surface area contributed by atoms with Crippen LogP contribution in [0.5, 0.6) is 5.75 Å². The summed E-state index contributed by atoms with van der Waals surface area (Å²) in [5, 5.41) is 2.26. The summed E-state index contributed by atoms with van der Waals surface area (Å²) in [6.07, 6.45) is 1.27. The van der Waals surface area contributed by atoms with Gasteiger partial charge in [0.2, 0.25) is 6.29 Å². The van der Waals surface area contributed by atoms with Crippen LogP contribution in [-0.2, 0) is 4.79 Å². The second-order valence-corrected chi connectivity index (χ2v) is 3.39. The zero-order chi connectivity index (χ0) is 10.7. The fourth-order valence-electron chi connectivity index (χ4n) is 1.47. The summed E-state index contributed by atoms with van der Waals surface area (Å²) in [5.41, 5.74) is 0. The van der Waals surface area contributed by atoms with E-state index < -0.39 is 6.10 Å². The monoisotopic (exact) mass is 199 g/mol. The molecule has 75 valence electrons. The quantitative estimate of drug-likeness (QED) is 0.759. The number of rotatable bonds is 3. The van der Waals surface area contributed by atoms with E-state index in [9.17, 15) is 4.79 Å². The normalized spacial score (nSPS) is 12.3. The van der Waals surface area contributed by atoms with Gasteiger partial charge in [0.25, 0.3) is 0 Å². The Morgan fingerprint density at radius 3 is 2.60 bits per heavy atom. The van der Waals surface area contributed by atoms with E-state index in [1.807, 2.05) is 42.5 Å². The number of fused-ring (bicyclic) bond motifs is 1. The molecule has 0 fully saturated rings. The van der Waals surface area contributed by atoms with Crippen molar-refractivity contribution >= 4 is 17.1 Å². The molecule has 1 radical (unpaired) electrons. The molecule has 0 bridgehead atoms. The Labute approximate surface area is 88.5 Å². The van der Waals surface area contributed by atoms with E-state index >= 15 is 0 Å². The molecule has 2 aromatic rings. The van der Waals surface area contributed by atoms with E-state index in [2.05, 4.69) is 0 Å². The Kier molecular flexibility index (Phi) is 2.68. The van der Waals surface area contributed by atoms with Gasteiger partial charge in [-0.15, -0.1) is 0 Å². The Balaban J connectivity index is 2.34. The topological polar surface area (TPSA) is 26.3 Å². The Bertz CT molecular complexity index is 477. The van der Waals surface area contributed by atoms with Gasteiger partial charge >= 0.3 is 0 Å². The highest BCUT2D eigenvalue weighted by molar-refractivity contribution is 5.83. The summed E-state index contributed by atoms with van der Waals surface area (Å²) in [6, 6.07) is 13.8. The second-order valence-electron chi connectivity index (χ2n) is 3.39. The summed E-state index contributed by atoms with van der Waals surface area (Å²) in [6.45, 7) is 1.67. The van der Waals surface area contributed by atoms with Crippen molar-refractivity contribution in [3.05, 3.63) is 42.5 Å². The number of hydrogen-bond acceptors (Lipinski definition) is 2. The van der Waals surface area contributed by atoms with Crippen molar-refractivity contribution < 1.29 is 9.53 Å². The molecule has 0 saturated heterocycles. The lowest BCUT2D eigenvalue weighted by atomic mass is 10.1. The molecule has 0 aliphatic carbocycles. The van der Waals surface area contributed by atoms with Gasteiger partial charge in [-0.3, -0.25) is 4.79 Å². The summed E-state index contributed by atoms with van der Waals surface area (Å²) < 4.78 is 5.35. The highest BCUT2D eigenvalue weighted by Gasteiger charge is 2.02. The minimum Gasteiger partial charge on any atom is -0.482 e. The molecule has 0 N–H and O–H groups in total. The minimum atomic E-state index is -0.522. The standard InChI is InChI=1S/C13H11O2/c1-10(9-14)15-13-7-6-11-4-2-3-5-12(11)8-13/h2-8,10H,1H3. The van der Waals surface area contributed by atoms with Gasteiger partial charge in [-0.05, 0) is 29.8 Å². The Morgan fingerprint density at radius 2 is 1.87 bits per heavy atom. The first-order valence-corrected chi connectivity index (χ1v) is 4.83. The third-order valence-corrected chi connectivity index (χ3v) is 2.20. The minimum absolute atomic E-state index is 0.522. The van der Waals surface area contributed by atoms with Gasteiger partial charge in [0, 0.05) is 0 Å². The summed E-state index contributed by atoms with van der Waals surface area (Å²) in [5.74, 6) is 0.699. The molecule has 0 aromatic heterocycles. The third-order valence-electron chi connectivity index (χ3n) is 2.20. The molecular formula is C13H11O2. The van der Waals surface area contributed by atoms with Gasteiger partial charge in [0.05, 0.1) is 0 Å². The van der Waals surface area contributed by atoms with Crippen molar-refractivity contribution in [1.29, 1.82) is 0 Å². The maximum atomic E-state index is 10.3. The molecule has 2 aromatic carbocycles. The predicted octanol–water partition coefficient (Wildman–Crippen LogP) is 2.72. The molecule has 0 aliphatic heterocycles. The SMILES string of the molecule is CC([C]=O)Oc1ccc2ccccc2c1. The third kappa shape index (κ3) is 2.15. The lowest BCUT2D eigenvalue weighted by molar-refractivity contribution is 0.279. The maximum Gasteiger partial charge on any atom is 0.242 e. The van der Waals surface area contributed by atoms with Crippen LogP contribution in [0.25, 0.3) is 10.8 Å². The van der Waals surface area contributed by atoms with Gasteiger partial charge in [-0.25, -0.2) is 0 Å². The zero-order valence-corrected chi connectivity index (χ0v) is 8.44. The van der Waals surface area contributed by atoms with Crippen molar-refractivity contribution in [2.75, 3.05) is 0 Å². The van der Waals surface area contributed by atoms with Crippen LogP contribution in [0, 0.1) is 0 Å². The molecule has 15 heavy (non-hydrogen) atoms. The lowest BCUT2D eigenvalue weighted by Gasteiger charge is -2.08. The molecule has 2 heteroatoms. The van der Waals surface area contributed by atoms with E-state index in [1.165, 1.54) is 0 Å². The van der Waals surface area contributed by atoms with Crippen molar-refractivity contribution in [3.63, 3.8) is 0 Å². The average molecular weight is 199 g/mol. The highest BCUT2D eigenvalue weighted by Crippen LogP contribution is 2.20. The van der Waals surface area contributed by atoms with E-state index in [0.29, 0.717) is 5.75 Å². The molecule has 0 aliphatic rings. The molecule has 2 rings (SSSR count). The van der Waals surface area contributed by atoms with E-state index in [-0.39, 0.29) is 0 Å². The number of benzene rings is 2. The molecule has 0 heterocycles. The fraction of sp³-hybridized carbons (Fsp3) is 0.154. The fourth-order valence-corrected chi connectivity index (χ4v) is 1.47. The van der Waals surface area contributed by atoms with E-state index in [4.69, 9.17) is 4.74 Å². The van der Waals surface area contributed by atoms with Gasteiger partial charge in [0.15, 0.2) is 6.10 Å². The van der Waals surface area contributed by atoms with Crippen LogP contribution in [0.4, 0.5) is 0 Å². The molecule has 0 amide bonds. The van der Waals surface area contributed by atoms with Crippen LogP contribution in [0.2, 0.25) is 0 Å². The Hall–Kier alpha value is -1.83. The van der Waals surface area contributed by atoms with Crippen molar-refractivity contribution in [2.24, 2.45) is 0 Å². The molecule has 2 nitrogen and oxygen atoms in total. The van der Waals surface area contributed by atoms with Gasteiger partial charge in [0.1, 0.15) is 5.75 Å². The van der Waals surface area contributed by atoms with Crippen molar-refractivity contribution in [1.82, 2.24) is 0 Å². The molecular weight excluding hydrogens is 188 g/mol. The largest absolute Gasteiger partial charge is 0.482 e. The van der Waals surface area contributed by atoms with Crippen LogP contribution in [0.15, 0.2) is 42.5 Å². The first-order valence-electron chi connectivity index (χ1n) is 4.83. The second kappa shape index (κ2) is 4.13. The zero-order valence-electron chi connectivity index (χ0n) is 8.44. The van der Waals surface area contributed by atoms with Crippen LogP contribution >= 0.6 is 0 Å². The molecule has 1 unspecified atom stereocenters. The molecule has 0 spiro atoms. The van der Waals surface area contributed by atoms with E-state index in [0.717, 1.165) is 10.8 Å². The van der Waals surface area contributed by atoms with Crippen LogP contribution in [0.1, 0.15) is 6.92 Å². The Morgan fingerprint density at radius 1 is 1.13 bits per heavy atom. The summed E-state index contributed by atoms with van der Waals surface area (Å²) >= 11 is 0. The van der Waals surface area contributed by atoms with Crippen molar-refractivity contribution in [2.45, 2.75) is 13.0 Å². The number of carbonyl (C=O) groups excluding carboxylic acids is 1. The van der Waals surface area contributed by atoms with Gasteiger partial charge in [-0.2, -0.15) is 0 Å². The first-order chi connectivity index (χ1) is 7.29. The van der Waals surface area contributed by atoms with Crippen LogP contribution < -0.4 is 4.74 Å². The number of hydrogen-bond donors (Lipinski definition) is 0. The van der Waals surface area contributed by atoms with E-state index in [1.54, 1.807) is 13.2 Å². The van der Waals surface area contributed by atoms with Crippen molar-refractivity contribution in [3.8, 4) is 5.75 Å². The average Bonchev–Trinajstić information content (AvgIpc) is 2.29. The predicted molar refractivity (Wildman–Crippen MR) is 59.7 cm³/mol. The van der Waals surface area contributed by atoms with Gasteiger partial charge < -0.3 is 4.74 Å². The highest BCUT2D eigenvalue weighted by atomic mass is 16.5. The maximum absolute atomic E-state index is 10.3. The molecule has 0 saturated carbocycles. The smallest absolute Gasteiger partial charge is 0.242 e. The first kappa shape index (κ1) is 9.71. The van der Waals surface area contributed by atoms with Crippen LogP contribution in [-0.4, -0.2) is 12.4 Å².